The monoisotopic (exact) mass is 242 g/mol. The highest BCUT2D eigenvalue weighted by atomic mass is 16.4. The third-order valence-corrected chi connectivity index (χ3v) is 2.89. The molecule has 0 radical (unpaired) electrons. The minimum absolute atomic E-state index is 0.134. The molecule has 0 unspecified atom stereocenters. The van der Waals surface area contributed by atoms with Crippen molar-refractivity contribution in [2.24, 2.45) is 5.41 Å². The van der Waals surface area contributed by atoms with Crippen LogP contribution >= 0.6 is 0 Å². The third kappa shape index (κ3) is 3.45. The molecule has 0 aromatic heterocycles. The highest BCUT2D eigenvalue weighted by Gasteiger charge is 2.50. The summed E-state index contributed by atoms with van der Waals surface area (Å²) in [6.07, 6.45) is 2.76. The van der Waals surface area contributed by atoms with Crippen LogP contribution in [0.25, 0.3) is 0 Å². The summed E-state index contributed by atoms with van der Waals surface area (Å²) in [5, 5.41) is 20.3. The summed E-state index contributed by atoms with van der Waals surface area (Å²) in [4.78, 5) is 24.0. The lowest BCUT2D eigenvalue weighted by Gasteiger charge is -2.21. The van der Waals surface area contributed by atoms with Crippen LogP contribution in [0.5, 0.6) is 0 Å². The van der Waals surface area contributed by atoms with Gasteiger partial charge in [-0.2, -0.15) is 0 Å². The number of aliphatic hydroxyl groups excluding tert-OH is 1. The lowest BCUT2D eigenvalue weighted by Crippen LogP contribution is -2.44. The summed E-state index contributed by atoms with van der Waals surface area (Å²) in [5.74, 6) is -0.866. The van der Waals surface area contributed by atoms with Crippen molar-refractivity contribution in [3.63, 3.8) is 0 Å². The lowest BCUT2D eigenvalue weighted by molar-refractivity contribution is -0.143. The Hall–Kier alpha value is -1.56. The van der Waals surface area contributed by atoms with Crippen LogP contribution in [-0.2, 0) is 4.79 Å². The second-order valence-electron chi connectivity index (χ2n) is 4.20. The van der Waals surface area contributed by atoms with E-state index in [0.29, 0.717) is 19.4 Å². The Morgan fingerprint density at radius 1 is 1.47 bits per heavy atom. The maximum absolute atomic E-state index is 11.7. The van der Waals surface area contributed by atoms with Crippen molar-refractivity contribution in [1.82, 2.24) is 10.2 Å². The number of carboxylic acids is 1. The van der Waals surface area contributed by atoms with Gasteiger partial charge in [0.25, 0.3) is 0 Å². The van der Waals surface area contributed by atoms with E-state index >= 15 is 0 Å². The fraction of sp³-hybridized carbons (Fsp3) is 0.636. The average molecular weight is 242 g/mol. The molecule has 0 spiro atoms. The van der Waals surface area contributed by atoms with E-state index in [9.17, 15) is 9.59 Å². The highest BCUT2D eigenvalue weighted by molar-refractivity contribution is 5.80. The molecule has 17 heavy (non-hydrogen) atoms. The second kappa shape index (κ2) is 5.67. The number of aliphatic hydroxyl groups is 1. The molecule has 0 aromatic rings. The Balaban J connectivity index is 2.42. The summed E-state index contributed by atoms with van der Waals surface area (Å²) in [7, 11) is 0. The van der Waals surface area contributed by atoms with Gasteiger partial charge in [0.15, 0.2) is 0 Å². The zero-order valence-electron chi connectivity index (χ0n) is 9.69. The zero-order chi connectivity index (χ0) is 12.9. The predicted octanol–water partition coefficient (Wildman–Crippen LogP) is 0.0411. The summed E-state index contributed by atoms with van der Waals surface area (Å²) < 4.78 is 0. The van der Waals surface area contributed by atoms with Crippen molar-refractivity contribution < 1.29 is 19.8 Å². The first-order chi connectivity index (χ1) is 8.05. The Morgan fingerprint density at radius 2 is 2.12 bits per heavy atom. The van der Waals surface area contributed by atoms with E-state index in [1.165, 1.54) is 4.90 Å². The molecule has 0 bridgehead atoms. The molecule has 3 N–H and O–H groups in total. The van der Waals surface area contributed by atoms with E-state index in [0.717, 1.165) is 0 Å². The minimum atomic E-state index is -0.866. The summed E-state index contributed by atoms with van der Waals surface area (Å²) >= 11 is 0. The maximum atomic E-state index is 11.7. The lowest BCUT2D eigenvalue weighted by atomic mass is 10.1. The van der Waals surface area contributed by atoms with Gasteiger partial charge in [-0.05, 0) is 12.8 Å². The van der Waals surface area contributed by atoms with Crippen LogP contribution in [-0.4, -0.2) is 53.4 Å². The highest BCUT2D eigenvalue weighted by Crippen LogP contribution is 2.45. The van der Waals surface area contributed by atoms with Gasteiger partial charge >= 0.3 is 12.0 Å². The minimum Gasteiger partial charge on any atom is -0.481 e. The van der Waals surface area contributed by atoms with E-state index in [2.05, 4.69) is 11.9 Å². The number of aliphatic carboxylic acids is 1. The summed E-state index contributed by atoms with van der Waals surface area (Å²) in [6, 6.07) is -0.369. The van der Waals surface area contributed by atoms with Crippen LogP contribution in [0, 0.1) is 5.41 Å². The maximum Gasteiger partial charge on any atom is 0.317 e. The van der Waals surface area contributed by atoms with Gasteiger partial charge in [0.2, 0.25) is 0 Å². The number of urea groups is 1. The van der Waals surface area contributed by atoms with Crippen LogP contribution in [0.2, 0.25) is 0 Å². The third-order valence-electron chi connectivity index (χ3n) is 2.89. The van der Waals surface area contributed by atoms with Crippen LogP contribution in [0.1, 0.15) is 12.8 Å². The quantitative estimate of drug-likeness (QED) is 0.550. The van der Waals surface area contributed by atoms with Crippen LogP contribution in [0.3, 0.4) is 0 Å². The summed E-state index contributed by atoms with van der Waals surface area (Å²) in [6.45, 7) is 4.05. The molecule has 6 nitrogen and oxygen atoms in total. The van der Waals surface area contributed by atoms with Crippen LogP contribution in [0.4, 0.5) is 4.79 Å². The Kier molecular flexibility index (Phi) is 4.51. The topological polar surface area (TPSA) is 89.9 Å². The molecule has 6 heteroatoms. The number of hydrogen-bond acceptors (Lipinski definition) is 3. The molecule has 2 amide bonds. The van der Waals surface area contributed by atoms with Gasteiger partial charge in [0, 0.05) is 19.6 Å². The van der Waals surface area contributed by atoms with Gasteiger partial charge in [0.05, 0.1) is 12.0 Å². The standard InChI is InChI=1S/C11H18N2O4/c1-2-5-13(6-7-14)10(17)12-8-11(3-4-11)9(15)16/h2,14H,1,3-8H2,(H,12,17)(H,15,16). The van der Waals surface area contributed by atoms with Gasteiger partial charge in [-0.25, -0.2) is 4.79 Å². The molecule has 96 valence electrons. The van der Waals surface area contributed by atoms with Crippen molar-refractivity contribution in [3.8, 4) is 0 Å². The number of carbonyl (C=O) groups excluding carboxylic acids is 1. The molecule has 1 aliphatic rings. The van der Waals surface area contributed by atoms with Gasteiger partial charge in [-0.15, -0.1) is 6.58 Å². The number of rotatable bonds is 7. The van der Waals surface area contributed by atoms with Gasteiger partial charge < -0.3 is 20.4 Å². The van der Waals surface area contributed by atoms with Crippen molar-refractivity contribution in [3.05, 3.63) is 12.7 Å². The van der Waals surface area contributed by atoms with Crippen molar-refractivity contribution in [2.45, 2.75) is 12.8 Å². The van der Waals surface area contributed by atoms with Crippen molar-refractivity contribution >= 4 is 12.0 Å². The van der Waals surface area contributed by atoms with E-state index in [1.807, 2.05) is 0 Å². The Bertz CT molecular complexity index is 313. The molecule has 0 saturated heterocycles. The first-order valence-corrected chi connectivity index (χ1v) is 5.53. The molecule has 0 aromatic carbocycles. The fourth-order valence-electron chi connectivity index (χ4n) is 1.53. The Morgan fingerprint density at radius 3 is 2.53 bits per heavy atom. The molecule has 0 heterocycles. The van der Waals surface area contributed by atoms with E-state index in [4.69, 9.17) is 10.2 Å². The fourth-order valence-corrected chi connectivity index (χ4v) is 1.53. The first kappa shape index (κ1) is 13.5. The smallest absolute Gasteiger partial charge is 0.317 e. The van der Waals surface area contributed by atoms with Crippen LogP contribution in [0.15, 0.2) is 12.7 Å². The van der Waals surface area contributed by atoms with E-state index in [1.54, 1.807) is 6.08 Å². The van der Waals surface area contributed by atoms with E-state index < -0.39 is 11.4 Å². The van der Waals surface area contributed by atoms with Crippen molar-refractivity contribution in [2.75, 3.05) is 26.2 Å². The van der Waals surface area contributed by atoms with Gasteiger partial charge in [0.1, 0.15) is 0 Å². The SMILES string of the molecule is C=CCN(CCO)C(=O)NCC1(C(=O)O)CC1. The van der Waals surface area contributed by atoms with Crippen molar-refractivity contribution in [1.29, 1.82) is 0 Å². The molecule has 0 atom stereocenters. The van der Waals surface area contributed by atoms with Gasteiger partial charge in [-0.3, -0.25) is 4.79 Å². The van der Waals surface area contributed by atoms with Crippen LogP contribution < -0.4 is 5.32 Å². The second-order valence-corrected chi connectivity index (χ2v) is 4.20. The molecule has 0 aliphatic heterocycles. The molecule has 1 fully saturated rings. The molecular formula is C11H18N2O4. The molecular weight excluding hydrogens is 224 g/mol. The first-order valence-electron chi connectivity index (χ1n) is 5.53. The molecule has 1 aliphatic carbocycles. The van der Waals surface area contributed by atoms with E-state index in [-0.39, 0.29) is 25.7 Å². The van der Waals surface area contributed by atoms with Gasteiger partial charge in [-0.1, -0.05) is 6.08 Å². The predicted molar refractivity (Wildman–Crippen MR) is 61.6 cm³/mol. The molecule has 1 saturated carbocycles. The number of carboxylic acid groups (broad SMARTS) is 1. The number of nitrogens with one attached hydrogen (secondary N) is 1. The number of carbonyl (C=O) groups is 2. The molecule has 1 rings (SSSR count). The zero-order valence-corrected chi connectivity index (χ0v) is 9.69. The summed E-state index contributed by atoms with van der Waals surface area (Å²) in [5.41, 5.74) is -0.769. The number of hydrogen-bond donors (Lipinski definition) is 3. The number of nitrogens with zero attached hydrogens (tertiary/aromatic N) is 1. The average Bonchev–Trinajstić information content (AvgIpc) is 3.07. The Labute approximate surface area is 99.9 Å². The normalized spacial score (nSPS) is 16.1. The number of amides is 2. The largest absolute Gasteiger partial charge is 0.481 e.